The molecule has 0 bridgehead atoms. The molecule has 110 valence electrons. The Hall–Kier alpha value is -2.49. The van der Waals surface area contributed by atoms with Crippen molar-refractivity contribution in [3.05, 3.63) is 53.6 Å². The molecule has 0 saturated carbocycles. The second-order valence-electron chi connectivity index (χ2n) is 4.98. The van der Waals surface area contributed by atoms with Crippen molar-refractivity contribution in [2.45, 2.75) is 26.2 Å². The maximum atomic E-state index is 11.3. The highest BCUT2D eigenvalue weighted by molar-refractivity contribution is 5.93. The Labute approximate surface area is 124 Å². The van der Waals surface area contributed by atoms with Crippen LogP contribution in [0.4, 0.5) is 5.69 Å². The van der Waals surface area contributed by atoms with Crippen molar-refractivity contribution < 1.29 is 14.6 Å². The topological polar surface area (TPSA) is 72.5 Å². The molecule has 0 heterocycles. The second kappa shape index (κ2) is 6.31. The van der Waals surface area contributed by atoms with Crippen LogP contribution in [0.3, 0.4) is 0 Å². The fourth-order valence-corrected chi connectivity index (χ4v) is 2.15. The van der Waals surface area contributed by atoms with Gasteiger partial charge in [-0.1, -0.05) is 38.1 Å². The minimum absolute atomic E-state index is 0.0638. The van der Waals surface area contributed by atoms with E-state index in [0.717, 1.165) is 12.0 Å². The van der Waals surface area contributed by atoms with Crippen LogP contribution in [0.5, 0.6) is 11.5 Å². The number of nitrogens with two attached hydrogens (primary N) is 1. The number of nitrogen functional groups attached to an aromatic ring is 1. The van der Waals surface area contributed by atoms with E-state index in [1.807, 2.05) is 24.3 Å². The second-order valence-corrected chi connectivity index (χ2v) is 4.98. The van der Waals surface area contributed by atoms with Gasteiger partial charge in [0.2, 0.25) is 0 Å². The van der Waals surface area contributed by atoms with Crippen LogP contribution in [0.25, 0.3) is 0 Å². The maximum Gasteiger partial charge on any atom is 0.339 e. The first kappa shape index (κ1) is 14.9. The summed E-state index contributed by atoms with van der Waals surface area (Å²) < 4.78 is 5.85. The molecule has 3 N–H and O–H groups in total. The Morgan fingerprint density at radius 3 is 2.62 bits per heavy atom. The summed E-state index contributed by atoms with van der Waals surface area (Å²) in [4.78, 5) is 11.3. The molecule has 0 aliphatic carbocycles. The summed E-state index contributed by atoms with van der Waals surface area (Å²) >= 11 is 0. The highest BCUT2D eigenvalue weighted by Gasteiger charge is 2.17. The quantitative estimate of drug-likeness (QED) is 0.804. The van der Waals surface area contributed by atoms with Crippen LogP contribution in [0.1, 0.15) is 42.1 Å². The van der Waals surface area contributed by atoms with Gasteiger partial charge in [0.1, 0.15) is 11.3 Å². The molecular formula is C17H19NO3. The molecule has 0 aliphatic heterocycles. The van der Waals surface area contributed by atoms with Gasteiger partial charge in [-0.3, -0.25) is 0 Å². The number of ether oxygens (including phenoxy) is 1. The first-order valence-electron chi connectivity index (χ1n) is 6.93. The van der Waals surface area contributed by atoms with Crippen molar-refractivity contribution in [2.75, 3.05) is 5.73 Å². The first-order valence-corrected chi connectivity index (χ1v) is 6.93. The molecule has 1 atom stereocenters. The summed E-state index contributed by atoms with van der Waals surface area (Å²) in [5.41, 5.74) is 7.30. The third kappa shape index (κ3) is 3.16. The summed E-state index contributed by atoms with van der Waals surface area (Å²) in [6.07, 6.45) is 0.969. The lowest BCUT2D eigenvalue weighted by Crippen LogP contribution is -2.04. The summed E-state index contributed by atoms with van der Waals surface area (Å²) in [7, 11) is 0. The van der Waals surface area contributed by atoms with Gasteiger partial charge >= 0.3 is 5.97 Å². The highest BCUT2D eigenvalue weighted by Crippen LogP contribution is 2.36. The molecule has 0 fully saturated rings. The van der Waals surface area contributed by atoms with Gasteiger partial charge in [-0.25, -0.2) is 4.79 Å². The molecule has 0 saturated heterocycles. The lowest BCUT2D eigenvalue weighted by atomic mass is 9.98. The van der Waals surface area contributed by atoms with Crippen molar-refractivity contribution in [1.29, 1.82) is 0 Å². The molecule has 2 aromatic carbocycles. The lowest BCUT2D eigenvalue weighted by molar-refractivity contribution is 0.0694. The van der Waals surface area contributed by atoms with E-state index in [9.17, 15) is 9.90 Å². The van der Waals surface area contributed by atoms with Crippen LogP contribution in [0.15, 0.2) is 42.5 Å². The Morgan fingerprint density at radius 2 is 1.95 bits per heavy atom. The van der Waals surface area contributed by atoms with Crippen LogP contribution in [0, 0.1) is 0 Å². The summed E-state index contributed by atoms with van der Waals surface area (Å²) in [5.74, 6) is 0.103. The molecule has 0 radical (unpaired) electrons. The van der Waals surface area contributed by atoms with Crippen LogP contribution in [-0.4, -0.2) is 11.1 Å². The molecule has 1 unspecified atom stereocenters. The lowest BCUT2D eigenvalue weighted by Gasteiger charge is -2.17. The Morgan fingerprint density at radius 1 is 1.24 bits per heavy atom. The normalized spacial score (nSPS) is 11.9. The number of anilines is 1. The van der Waals surface area contributed by atoms with Crippen LogP contribution in [-0.2, 0) is 0 Å². The maximum absolute atomic E-state index is 11.3. The van der Waals surface area contributed by atoms with Gasteiger partial charge in [-0.2, -0.15) is 0 Å². The molecule has 4 heteroatoms. The number of hydrogen-bond donors (Lipinski definition) is 2. The van der Waals surface area contributed by atoms with Crippen LogP contribution in [0.2, 0.25) is 0 Å². The molecule has 0 amide bonds. The van der Waals surface area contributed by atoms with E-state index in [1.54, 1.807) is 12.1 Å². The monoisotopic (exact) mass is 285 g/mol. The van der Waals surface area contributed by atoms with Gasteiger partial charge in [0, 0.05) is 0 Å². The Bertz CT molecular complexity index is 652. The molecule has 4 nitrogen and oxygen atoms in total. The molecule has 2 aromatic rings. The minimum Gasteiger partial charge on any atom is -0.478 e. The van der Waals surface area contributed by atoms with E-state index >= 15 is 0 Å². The number of hydrogen-bond acceptors (Lipinski definition) is 3. The van der Waals surface area contributed by atoms with Crippen LogP contribution >= 0.6 is 0 Å². The van der Waals surface area contributed by atoms with E-state index in [0.29, 0.717) is 17.4 Å². The fourth-order valence-electron chi connectivity index (χ4n) is 2.15. The largest absolute Gasteiger partial charge is 0.478 e. The van der Waals surface area contributed by atoms with Gasteiger partial charge in [0.15, 0.2) is 5.75 Å². The van der Waals surface area contributed by atoms with Gasteiger partial charge in [0.25, 0.3) is 0 Å². The molecule has 0 spiro atoms. The Balaban J connectivity index is 2.46. The van der Waals surface area contributed by atoms with E-state index in [1.165, 1.54) is 6.07 Å². The zero-order valence-corrected chi connectivity index (χ0v) is 12.2. The summed E-state index contributed by atoms with van der Waals surface area (Å²) in [5, 5.41) is 9.26. The molecule has 0 aliphatic rings. The third-order valence-corrected chi connectivity index (χ3v) is 3.55. The van der Waals surface area contributed by atoms with Crippen LogP contribution < -0.4 is 10.5 Å². The summed E-state index contributed by atoms with van der Waals surface area (Å²) in [6.45, 7) is 4.20. The van der Waals surface area contributed by atoms with Gasteiger partial charge in [-0.05, 0) is 36.1 Å². The molecule has 2 rings (SSSR count). The standard InChI is InChI=1S/C17H19NO3/c1-3-11(2)12-7-4-5-10-15(12)21-16-13(17(19)20)8-6-9-14(16)18/h4-11H,3,18H2,1-2H3,(H,19,20). The van der Waals surface area contributed by atoms with Gasteiger partial charge < -0.3 is 15.6 Å². The number of carboxylic acid groups (broad SMARTS) is 1. The SMILES string of the molecule is CCC(C)c1ccccc1Oc1c(N)cccc1C(=O)O. The van der Waals surface area contributed by atoms with Gasteiger partial charge in [0.05, 0.1) is 5.69 Å². The van der Waals surface area contributed by atoms with Crippen molar-refractivity contribution in [3.8, 4) is 11.5 Å². The zero-order chi connectivity index (χ0) is 15.4. The number of carboxylic acids is 1. The third-order valence-electron chi connectivity index (χ3n) is 3.55. The Kier molecular flexibility index (Phi) is 4.48. The van der Waals surface area contributed by atoms with E-state index in [2.05, 4.69) is 13.8 Å². The predicted octanol–water partition coefficient (Wildman–Crippen LogP) is 4.27. The number of aromatic carboxylic acids is 1. The average molecular weight is 285 g/mol. The zero-order valence-electron chi connectivity index (χ0n) is 12.2. The summed E-state index contributed by atoms with van der Waals surface area (Å²) in [6, 6.07) is 12.4. The first-order chi connectivity index (χ1) is 10.0. The van der Waals surface area contributed by atoms with E-state index < -0.39 is 5.97 Å². The van der Waals surface area contributed by atoms with Crippen molar-refractivity contribution >= 4 is 11.7 Å². The minimum atomic E-state index is -1.06. The molecular weight excluding hydrogens is 266 g/mol. The smallest absolute Gasteiger partial charge is 0.339 e. The molecule has 0 aromatic heterocycles. The fraction of sp³-hybridized carbons (Fsp3) is 0.235. The predicted molar refractivity (Wildman–Crippen MR) is 83.0 cm³/mol. The van der Waals surface area contributed by atoms with Gasteiger partial charge in [-0.15, -0.1) is 0 Å². The van der Waals surface area contributed by atoms with Crippen molar-refractivity contribution in [2.24, 2.45) is 0 Å². The number of carbonyl (C=O) groups is 1. The number of benzene rings is 2. The average Bonchev–Trinajstić information content (AvgIpc) is 2.48. The van der Waals surface area contributed by atoms with E-state index in [-0.39, 0.29) is 11.3 Å². The van der Waals surface area contributed by atoms with Crippen molar-refractivity contribution in [1.82, 2.24) is 0 Å². The van der Waals surface area contributed by atoms with E-state index in [4.69, 9.17) is 10.5 Å². The highest BCUT2D eigenvalue weighted by atomic mass is 16.5. The molecule has 21 heavy (non-hydrogen) atoms. The number of para-hydroxylation sites is 2. The number of rotatable bonds is 5. The van der Waals surface area contributed by atoms with Crippen molar-refractivity contribution in [3.63, 3.8) is 0 Å².